The number of amides is 2. The molecule has 0 spiro atoms. The predicted molar refractivity (Wildman–Crippen MR) is 176 cm³/mol. The highest BCUT2D eigenvalue weighted by molar-refractivity contribution is 7.90. The minimum atomic E-state index is -4.14. The van der Waals surface area contributed by atoms with E-state index in [2.05, 4.69) is 33.1 Å². The van der Waals surface area contributed by atoms with E-state index < -0.39 is 64.4 Å². The van der Waals surface area contributed by atoms with Gasteiger partial charge in [0.1, 0.15) is 5.75 Å². The lowest BCUT2D eigenvalue weighted by Gasteiger charge is -2.28. The number of alkyl halides is 2. The van der Waals surface area contributed by atoms with Crippen molar-refractivity contribution in [1.82, 2.24) is 20.4 Å². The quantitative estimate of drug-likeness (QED) is 0.201. The first-order valence-electron chi connectivity index (χ1n) is 15.2. The maximum atomic E-state index is 13.2. The molecule has 3 aromatic rings. The minimum absolute atomic E-state index is 0.0303. The summed E-state index contributed by atoms with van der Waals surface area (Å²) in [5.41, 5.74) is 0.553. The number of morpholine rings is 1. The third-order valence-electron chi connectivity index (χ3n) is 6.28. The number of carbonyl (C=O) groups is 3. The zero-order valence-electron chi connectivity index (χ0n) is 27.4. The van der Waals surface area contributed by atoms with Gasteiger partial charge >= 0.3 is 6.61 Å². The second-order valence-electron chi connectivity index (χ2n) is 9.35. The van der Waals surface area contributed by atoms with Gasteiger partial charge in [0, 0.05) is 30.6 Å². The maximum Gasteiger partial charge on any atom is 0.387 e. The van der Waals surface area contributed by atoms with Crippen molar-refractivity contribution < 1.29 is 45.5 Å². The topological polar surface area (TPSA) is 158 Å². The van der Waals surface area contributed by atoms with Gasteiger partial charge in [-0.15, -0.1) is 23.0 Å². The first-order chi connectivity index (χ1) is 23.1. The fourth-order valence-electron chi connectivity index (χ4n) is 4.24. The van der Waals surface area contributed by atoms with Crippen molar-refractivity contribution in [3.8, 4) is 30.1 Å². The lowest BCUT2D eigenvalue weighted by atomic mass is 10.1. The van der Waals surface area contributed by atoms with E-state index in [9.17, 15) is 31.6 Å². The van der Waals surface area contributed by atoms with E-state index in [0.29, 0.717) is 18.8 Å². The molecular weight excluding hydrogens is 650 g/mol. The van der Waals surface area contributed by atoms with Crippen LogP contribution < -0.4 is 10.1 Å². The first-order valence-corrected chi connectivity index (χ1v) is 17.1. The van der Waals surface area contributed by atoms with Crippen molar-refractivity contribution in [3.05, 3.63) is 66.1 Å². The molecule has 2 heterocycles. The normalized spacial score (nSPS) is 12.9. The zero-order valence-corrected chi connectivity index (χ0v) is 28.3. The van der Waals surface area contributed by atoms with Crippen LogP contribution in [0.25, 0.3) is 11.5 Å². The maximum absolute atomic E-state index is 13.2. The number of terminal acetylenes is 1. The van der Waals surface area contributed by atoms with Crippen LogP contribution in [0.15, 0.2) is 59.0 Å². The summed E-state index contributed by atoms with van der Waals surface area (Å²) in [4.78, 5) is 40.2. The van der Waals surface area contributed by atoms with Crippen molar-refractivity contribution in [3.63, 3.8) is 0 Å². The third-order valence-corrected chi connectivity index (χ3v) is 7.94. The van der Waals surface area contributed by atoms with Crippen molar-refractivity contribution >= 4 is 27.4 Å². The number of sulfone groups is 1. The van der Waals surface area contributed by atoms with Crippen LogP contribution in [-0.2, 0) is 29.9 Å². The summed E-state index contributed by atoms with van der Waals surface area (Å²) < 4.78 is 67.0. The molecule has 1 saturated heterocycles. The summed E-state index contributed by atoms with van der Waals surface area (Å²) in [5.74, 6) is -5.53. The van der Waals surface area contributed by atoms with Gasteiger partial charge < -0.3 is 24.1 Å². The van der Waals surface area contributed by atoms with Crippen molar-refractivity contribution in [1.29, 1.82) is 0 Å². The molecule has 4 rings (SSSR count). The Bertz CT molecular complexity index is 1540. The van der Waals surface area contributed by atoms with E-state index >= 15 is 0 Å². The lowest BCUT2D eigenvalue weighted by molar-refractivity contribution is -0.138. The molecule has 2 amide bonds. The third kappa shape index (κ3) is 13.6. The number of nitrogens with one attached hydrogen (secondary N) is 1. The van der Waals surface area contributed by atoms with E-state index in [0.717, 1.165) is 0 Å². The average molecular weight is 693 g/mol. The summed E-state index contributed by atoms with van der Waals surface area (Å²) in [6.07, 6.45) is 7.53. The molecule has 2 aromatic carbocycles. The monoisotopic (exact) mass is 692 g/mol. The molecule has 0 aliphatic carbocycles. The van der Waals surface area contributed by atoms with Gasteiger partial charge in [-0.05, 0) is 18.2 Å². The van der Waals surface area contributed by atoms with Crippen molar-refractivity contribution in [2.45, 2.75) is 46.5 Å². The molecule has 1 atom stereocenters. The van der Waals surface area contributed by atoms with Gasteiger partial charge in [-0.2, -0.15) is 8.78 Å². The summed E-state index contributed by atoms with van der Waals surface area (Å²) in [5, 5.41) is 9.90. The fraction of sp³-hybridized carbons (Fsp3) is 0.424. The van der Waals surface area contributed by atoms with Crippen LogP contribution >= 0.6 is 0 Å². The van der Waals surface area contributed by atoms with Crippen LogP contribution in [0.1, 0.15) is 50.4 Å². The molecule has 1 aliphatic rings. The number of hydrogen-bond acceptors (Lipinski definition) is 10. The molecule has 0 bridgehead atoms. The van der Waals surface area contributed by atoms with Crippen molar-refractivity contribution in [2.24, 2.45) is 5.92 Å². The van der Waals surface area contributed by atoms with Gasteiger partial charge in [0.25, 0.3) is 5.89 Å². The highest BCUT2D eigenvalue weighted by Crippen LogP contribution is 2.24. The largest absolute Gasteiger partial charge is 0.435 e. The number of benzene rings is 2. The van der Waals surface area contributed by atoms with Crippen molar-refractivity contribution in [2.75, 3.05) is 38.6 Å². The van der Waals surface area contributed by atoms with Gasteiger partial charge in [0.05, 0.1) is 37.2 Å². The number of ketones is 1. The Labute approximate surface area is 280 Å². The van der Waals surface area contributed by atoms with E-state index in [4.69, 9.17) is 9.15 Å². The predicted octanol–water partition coefficient (Wildman–Crippen LogP) is 4.42. The molecule has 1 fully saturated rings. The van der Waals surface area contributed by atoms with Gasteiger partial charge in [0.2, 0.25) is 23.5 Å². The molecule has 1 aliphatic heterocycles. The van der Waals surface area contributed by atoms with E-state index in [1.807, 2.05) is 27.7 Å². The number of para-hydroxylation sites is 1. The molecule has 1 aromatic heterocycles. The minimum Gasteiger partial charge on any atom is -0.435 e. The molecule has 15 heteroatoms. The standard InChI is InChI=1S/C27H28F2N4O8S.2C2H6.C2H2/c28-27(29)40-22-9-5-4-8-19(22)16-42(37,38)17-20(14-23(35)33-10-12-39-13-11-33)24(36)30-15-21(34)26-32-31-25(41-26)18-6-2-1-3-7-18;3*1-2/h1-9,20,27H,10-17H2,(H,30,36);2*1-2H3;1-2H. The van der Waals surface area contributed by atoms with Crippen LogP contribution in [0.5, 0.6) is 5.75 Å². The smallest absolute Gasteiger partial charge is 0.387 e. The Kier molecular flexibility index (Phi) is 18.9. The summed E-state index contributed by atoms with van der Waals surface area (Å²) in [6, 6.07) is 14.1. The summed E-state index contributed by atoms with van der Waals surface area (Å²) >= 11 is 0. The summed E-state index contributed by atoms with van der Waals surface area (Å²) in [7, 11) is -4.14. The van der Waals surface area contributed by atoms with Crippen LogP contribution in [0, 0.1) is 18.8 Å². The second-order valence-corrected chi connectivity index (χ2v) is 11.5. The van der Waals surface area contributed by atoms with Gasteiger partial charge in [-0.1, -0.05) is 64.1 Å². The number of rotatable bonds is 13. The fourth-order valence-corrected chi connectivity index (χ4v) is 5.95. The lowest BCUT2D eigenvalue weighted by Crippen LogP contribution is -2.44. The Balaban J connectivity index is 0.00000182. The van der Waals surface area contributed by atoms with Crippen LogP contribution in [-0.4, -0.2) is 86.3 Å². The number of ether oxygens (including phenoxy) is 2. The molecule has 0 saturated carbocycles. The SMILES string of the molecule is C#C.CC.CC.O=C(CNC(=O)C(CC(=O)N1CCOCC1)CS(=O)(=O)Cc1ccccc1OC(F)F)c1nnc(-c2ccccc2)o1. The molecule has 262 valence electrons. The Morgan fingerprint density at radius 2 is 1.56 bits per heavy atom. The highest BCUT2D eigenvalue weighted by atomic mass is 32.2. The van der Waals surface area contributed by atoms with E-state index in [1.54, 1.807) is 30.3 Å². The summed E-state index contributed by atoms with van der Waals surface area (Å²) in [6.45, 7) is 5.38. The Morgan fingerprint density at radius 3 is 2.19 bits per heavy atom. The van der Waals surface area contributed by atoms with Gasteiger partial charge in [0.15, 0.2) is 9.84 Å². The first kappa shape index (κ1) is 41.3. The molecule has 0 radical (unpaired) electrons. The number of aromatic nitrogens is 2. The highest BCUT2D eigenvalue weighted by Gasteiger charge is 2.31. The van der Waals surface area contributed by atoms with Crippen LogP contribution in [0.2, 0.25) is 0 Å². The van der Waals surface area contributed by atoms with Crippen LogP contribution in [0.3, 0.4) is 0 Å². The molecule has 12 nitrogen and oxygen atoms in total. The number of carbonyl (C=O) groups excluding carboxylic acids is 3. The molecular formula is C33H42F2N4O8S. The Hall–Kier alpha value is -4.68. The van der Waals surface area contributed by atoms with Gasteiger partial charge in [-0.25, -0.2) is 8.42 Å². The van der Waals surface area contributed by atoms with Gasteiger partial charge in [-0.3, -0.25) is 14.4 Å². The molecule has 1 N–H and O–H groups in total. The molecule has 1 unspecified atom stereocenters. The number of hydrogen-bond donors (Lipinski definition) is 1. The molecule has 48 heavy (non-hydrogen) atoms. The second kappa shape index (κ2) is 22.0. The number of Topliss-reactive ketones (excluding diaryl/α,β-unsaturated/α-hetero) is 1. The number of nitrogens with zero attached hydrogens (tertiary/aromatic N) is 3. The van der Waals surface area contributed by atoms with Crippen LogP contribution in [0.4, 0.5) is 8.78 Å². The Morgan fingerprint density at radius 1 is 0.958 bits per heavy atom. The van der Waals surface area contributed by atoms with E-state index in [1.165, 1.54) is 29.2 Å². The van der Waals surface area contributed by atoms with E-state index in [-0.39, 0.29) is 36.2 Å². The average Bonchev–Trinajstić information content (AvgIpc) is 3.61. The number of halogens is 2. The zero-order chi connectivity index (χ0) is 36.1.